The molecular formula is C14H17FN2O4S. The van der Waals surface area contributed by atoms with E-state index in [1.54, 1.807) is 0 Å². The van der Waals surface area contributed by atoms with Crippen molar-refractivity contribution >= 4 is 16.2 Å². The van der Waals surface area contributed by atoms with Crippen LogP contribution in [0.2, 0.25) is 0 Å². The lowest BCUT2D eigenvalue weighted by Crippen LogP contribution is -2.47. The van der Waals surface area contributed by atoms with Crippen molar-refractivity contribution < 1.29 is 22.3 Å². The molecule has 2 heterocycles. The third-order valence-electron chi connectivity index (χ3n) is 4.05. The summed E-state index contributed by atoms with van der Waals surface area (Å²) in [4.78, 5) is -0.174. The van der Waals surface area contributed by atoms with Gasteiger partial charge in [-0.25, -0.2) is 12.8 Å². The van der Waals surface area contributed by atoms with Crippen molar-refractivity contribution in [3.63, 3.8) is 0 Å². The first-order chi connectivity index (χ1) is 10.5. The van der Waals surface area contributed by atoms with Gasteiger partial charge in [-0.15, -0.1) is 0 Å². The Balaban J connectivity index is 1.85. The molecule has 0 bridgehead atoms. The highest BCUT2D eigenvalue weighted by Crippen LogP contribution is 2.33. The van der Waals surface area contributed by atoms with Crippen LogP contribution in [0.5, 0.6) is 0 Å². The van der Waals surface area contributed by atoms with Crippen LogP contribution >= 0.6 is 0 Å². The molecule has 6 nitrogen and oxygen atoms in total. The number of hydrogen-bond acceptors (Lipinski definition) is 5. The van der Waals surface area contributed by atoms with Gasteiger partial charge in [0.25, 0.3) is 0 Å². The van der Waals surface area contributed by atoms with Gasteiger partial charge in [0, 0.05) is 37.7 Å². The number of hydrogen-bond donors (Lipinski definition) is 1. The second-order valence-electron chi connectivity index (χ2n) is 5.34. The first kappa shape index (κ1) is 15.5. The fourth-order valence-electron chi connectivity index (χ4n) is 2.84. The fraction of sp³-hybridized carbons (Fsp3) is 0.500. The van der Waals surface area contributed by atoms with Crippen LogP contribution in [0.3, 0.4) is 0 Å². The zero-order valence-electron chi connectivity index (χ0n) is 11.9. The Morgan fingerprint density at radius 2 is 1.86 bits per heavy atom. The first-order valence-corrected chi connectivity index (χ1v) is 8.49. The van der Waals surface area contributed by atoms with Crippen molar-refractivity contribution in [2.45, 2.75) is 23.5 Å². The Morgan fingerprint density at radius 3 is 2.45 bits per heavy atom. The minimum absolute atomic E-state index is 0.174. The van der Waals surface area contributed by atoms with Crippen LogP contribution in [0.1, 0.15) is 18.4 Å². The fourth-order valence-corrected chi connectivity index (χ4v) is 4.47. The Labute approximate surface area is 128 Å². The Kier molecular flexibility index (Phi) is 4.02. The topological polar surface area (TPSA) is 79.7 Å². The average Bonchev–Trinajstić information content (AvgIpc) is 2.96. The number of nitrogens with zero attached hydrogens (tertiary/aromatic N) is 1. The lowest BCUT2D eigenvalue weighted by atomic mass is 10.1. The van der Waals surface area contributed by atoms with Crippen molar-refractivity contribution in [1.82, 2.24) is 4.31 Å². The van der Waals surface area contributed by atoms with E-state index in [0.717, 1.165) is 18.3 Å². The van der Waals surface area contributed by atoms with Crippen molar-refractivity contribution in [1.29, 1.82) is 5.41 Å². The van der Waals surface area contributed by atoms with E-state index >= 15 is 0 Å². The predicted molar refractivity (Wildman–Crippen MR) is 76.9 cm³/mol. The molecule has 120 valence electrons. The van der Waals surface area contributed by atoms with E-state index in [0.29, 0.717) is 26.1 Å². The van der Waals surface area contributed by atoms with Gasteiger partial charge < -0.3 is 14.9 Å². The minimum atomic E-state index is -3.84. The molecular weight excluding hydrogens is 311 g/mol. The molecule has 1 aromatic carbocycles. The maximum atomic E-state index is 13.4. The predicted octanol–water partition coefficient (Wildman–Crippen LogP) is 1.35. The van der Waals surface area contributed by atoms with Gasteiger partial charge in [-0.1, -0.05) is 0 Å². The molecule has 2 saturated heterocycles. The van der Waals surface area contributed by atoms with Gasteiger partial charge in [-0.2, -0.15) is 4.31 Å². The van der Waals surface area contributed by atoms with Gasteiger partial charge in [-0.3, -0.25) is 0 Å². The second-order valence-corrected chi connectivity index (χ2v) is 7.24. The standard InChI is InChI=1S/C14H17FN2O4S/c15-12-2-1-11(10-16)13(9-12)22(18,19)17-5-3-14(4-6-17)20-7-8-21-14/h1-2,9-10,16H,3-8H2. The summed E-state index contributed by atoms with van der Waals surface area (Å²) in [5.41, 5.74) is 0.176. The minimum Gasteiger partial charge on any atom is -0.347 e. The molecule has 0 aliphatic carbocycles. The number of rotatable bonds is 3. The van der Waals surface area contributed by atoms with Crippen LogP contribution in [0.15, 0.2) is 23.1 Å². The third-order valence-corrected chi connectivity index (χ3v) is 6.00. The molecule has 0 radical (unpaired) electrons. The van der Waals surface area contributed by atoms with E-state index in [1.165, 1.54) is 10.4 Å². The number of halogens is 1. The van der Waals surface area contributed by atoms with Gasteiger partial charge >= 0.3 is 0 Å². The number of sulfonamides is 1. The third kappa shape index (κ3) is 2.67. The Hall–Kier alpha value is -1.35. The quantitative estimate of drug-likeness (QED) is 0.850. The number of ether oxygens (including phenoxy) is 2. The van der Waals surface area contributed by atoms with Crippen molar-refractivity contribution in [2.24, 2.45) is 0 Å². The first-order valence-electron chi connectivity index (χ1n) is 7.05. The van der Waals surface area contributed by atoms with Gasteiger partial charge in [0.05, 0.1) is 18.1 Å². The van der Waals surface area contributed by atoms with E-state index < -0.39 is 21.6 Å². The highest BCUT2D eigenvalue weighted by Gasteiger charge is 2.43. The van der Waals surface area contributed by atoms with Gasteiger partial charge in [0.15, 0.2) is 5.79 Å². The second kappa shape index (κ2) is 5.69. The highest BCUT2D eigenvalue weighted by atomic mass is 32.2. The normalized spacial score (nSPS) is 22.0. The number of benzene rings is 1. The molecule has 22 heavy (non-hydrogen) atoms. The Morgan fingerprint density at radius 1 is 1.23 bits per heavy atom. The summed E-state index contributed by atoms with van der Waals surface area (Å²) in [7, 11) is -3.84. The van der Waals surface area contributed by atoms with Crippen LogP contribution in [0.25, 0.3) is 0 Å². The summed E-state index contributed by atoms with van der Waals surface area (Å²) in [6.07, 6.45) is 1.81. The van der Waals surface area contributed by atoms with Crippen LogP contribution < -0.4 is 0 Å². The molecule has 3 rings (SSSR count). The maximum absolute atomic E-state index is 13.4. The van der Waals surface area contributed by atoms with Crippen molar-refractivity contribution in [3.05, 3.63) is 29.6 Å². The zero-order chi connectivity index (χ0) is 15.8. The lowest BCUT2D eigenvalue weighted by Gasteiger charge is -2.36. The van der Waals surface area contributed by atoms with E-state index in [9.17, 15) is 12.8 Å². The van der Waals surface area contributed by atoms with E-state index in [2.05, 4.69) is 0 Å². The summed E-state index contributed by atoms with van der Waals surface area (Å²) in [6, 6.07) is 3.40. The number of nitrogens with one attached hydrogen (secondary N) is 1. The van der Waals surface area contributed by atoms with Crippen LogP contribution in [-0.4, -0.2) is 51.0 Å². The van der Waals surface area contributed by atoms with Crippen LogP contribution in [0.4, 0.5) is 4.39 Å². The summed E-state index contributed by atoms with van der Waals surface area (Å²) in [6.45, 7) is 1.54. The molecule has 0 atom stereocenters. The van der Waals surface area contributed by atoms with Crippen LogP contribution in [-0.2, 0) is 19.5 Å². The molecule has 1 aromatic rings. The molecule has 0 saturated carbocycles. The highest BCUT2D eigenvalue weighted by molar-refractivity contribution is 7.89. The number of piperidine rings is 1. The monoisotopic (exact) mass is 328 g/mol. The van der Waals surface area contributed by atoms with E-state index in [4.69, 9.17) is 14.9 Å². The summed E-state index contributed by atoms with van der Waals surface area (Å²) in [5.74, 6) is -1.31. The molecule has 0 amide bonds. The molecule has 0 aromatic heterocycles. The molecule has 8 heteroatoms. The summed E-state index contributed by atoms with van der Waals surface area (Å²) >= 11 is 0. The summed E-state index contributed by atoms with van der Waals surface area (Å²) < 4.78 is 51.3. The maximum Gasteiger partial charge on any atom is 0.243 e. The average molecular weight is 328 g/mol. The molecule has 2 aliphatic heterocycles. The van der Waals surface area contributed by atoms with Gasteiger partial charge in [-0.05, 0) is 18.2 Å². The smallest absolute Gasteiger partial charge is 0.243 e. The molecule has 1 N–H and O–H groups in total. The van der Waals surface area contributed by atoms with Gasteiger partial charge in [0.2, 0.25) is 10.0 Å². The van der Waals surface area contributed by atoms with Crippen molar-refractivity contribution in [2.75, 3.05) is 26.3 Å². The largest absolute Gasteiger partial charge is 0.347 e. The molecule has 1 spiro atoms. The van der Waals surface area contributed by atoms with E-state index in [-0.39, 0.29) is 23.5 Å². The lowest BCUT2D eigenvalue weighted by molar-refractivity contribution is -0.179. The zero-order valence-corrected chi connectivity index (χ0v) is 12.7. The van der Waals surface area contributed by atoms with Crippen LogP contribution in [0, 0.1) is 11.2 Å². The van der Waals surface area contributed by atoms with E-state index in [1.807, 2.05) is 0 Å². The molecule has 0 unspecified atom stereocenters. The SMILES string of the molecule is N=Cc1ccc(F)cc1S(=O)(=O)N1CCC2(CC1)OCCO2. The summed E-state index contributed by atoms with van der Waals surface area (Å²) in [5, 5.41) is 7.31. The van der Waals surface area contributed by atoms with Crippen molar-refractivity contribution in [3.8, 4) is 0 Å². The molecule has 2 fully saturated rings. The Bertz CT molecular complexity index is 676. The van der Waals surface area contributed by atoms with Gasteiger partial charge in [0.1, 0.15) is 5.82 Å². The molecule has 2 aliphatic rings.